The summed E-state index contributed by atoms with van der Waals surface area (Å²) >= 11 is 1.70. The summed E-state index contributed by atoms with van der Waals surface area (Å²) in [6.45, 7) is 9.16. The minimum absolute atomic E-state index is 0.683. The van der Waals surface area contributed by atoms with Gasteiger partial charge in [-0.2, -0.15) is 0 Å². The summed E-state index contributed by atoms with van der Waals surface area (Å²) in [6, 6.07) is 0. The second-order valence-corrected chi connectivity index (χ2v) is 7.24. The number of likely N-dealkylation sites (tertiary alicyclic amines) is 1. The first-order valence-electron chi connectivity index (χ1n) is 8.17. The smallest absolute Gasteiger partial charge is 0.194 e. The first-order valence-corrected chi connectivity index (χ1v) is 9.05. The molecule has 1 aliphatic heterocycles. The maximum atomic E-state index is 4.85. The van der Waals surface area contributed by atoms with Crippen LogP contribution in [-0.4, -0.2) is 61.0 Å². The van der Waals surface area contributed by atoms with Crippen molar-refractivity contribution < 1.29 is 0 Å². The van der Waals surface area contributed by atoms with Gasteiger partial charge in [-0.15, -0.1) is 11.3 Å². The van der Waals surface area contributed by atoms with Crippen molar-refractivity contribution in [3.63, 3.8) is 0 Å². The Labute approximate surface area is 138 Å². The van der Waals surface area contributed by atoms with Crippen LogP contribution in [0.2, 0.25) is 0 Å². The van der Waals surface area contributed by atoms with Gasteiger partial charge < -0.3 is 15.1 Å². The Bertz CT molecular complexity index is 485. The Morgan fingerprint density at radius 3 is 3.05 bits per heavy atom. The highest BCUT2D eigenvalue weighted by Crippen LogP contribution is 2.15. The van der Waals surface area contributed by atoms with E-state index in [0.29, 0.717) is 5.92 Å². The summed E-state index contributed by atoms with van der Waals surface area (Å²) < 4.78 is 0. The van der Waals surface area contributed by atoms with Crippen LogP contribution < -0.4 is 5.32 Å². The van der Waals surface area contributed by atoms with Gasteiger partial charge in [-0.05, 0) is 46.2 Å². The van der Waals surface area contributed by atoms with Gasteiger partial charge in [0.1, 0.15) is 0 Å². The molecule has 2 rings (SSSR count). The molecule has 0 aliphatic carbocycles. The fourth-order valence-corrected chi connectivity index (χ4v) is 3.51. The molecule has 0 saturated carbocycles. The van der Waals surface area contributed by atoms with E-state index in [1.165, 1.54) is 19.4 Å². The Kier molecular flexibility index (Phi) is 6.64. The predicted octanol–water partition coefficient (Wildman–Crippen LogP) is 2.19. The molecule has 0 aromatic carbocycles. The highest BCUT2D eigenvalue weighted by Gasteiger charge is 2.17. The molecule has 0 amide bonds. The number of aryl methyl sites for hydroxylation is 1. The van der Waals surface area contributed by atoms with E-state index in [9.17, 15) is 0 Å². The van der Waals surface area contributed by atoms with Gasteiger partial charge in [0, 0.05) is 32.1 Å². The van der Waals surface area contributed by atoms with Crippen molar-refractivity contribution >= 4 is 17.3 Å². The third-order valence-corrected chi connectivity index (χ3v) is 4.81. The van der Waals surface area contributed by atoms with E-state index in [1.807, 2.05) is 6.92 Å². The maximum Gasteiger partial charge on any atom is 0.194 e. The molecule has 22 heavy (non-hydrogen) atoms. The van der Waals surface area contributed by atoms with Crippen molar-refractivity contribution in [1.82, 2.24) is 20.1 Å². The van der Waals surface area contributed by atoms with Crippen molar-refractivity contribution in [3.8, 4) is 0 Å². The normalized spacial score (nSPS) is 20.2. The summed E-state index contributed by atoms with van der Waals surface area (Å²) in [4.78, 5) is 14.0. The zero-order chi connectivity index (χ0) is 15.9. The largest absolute Gasteiger partial charge is 0.357 e. The van der Waals surface area contributed by atoms with Gasteiger partial charge in [-0.25, -0.2) is 4.98 Å². The van der Waals surface area contributed by atoms with E-state index in [0.717, 1.165) is 42.8 Å². The standard InChI is InChI=1S/C16H29N5S/c1-5-17-16(18-9-14-7-6-8-20(3)10-14)21(4)11-15-12-22-13(2)19-15/h12,14H,5-11H2,1-4H3,(H,17,18). The van der Waals surface area contributed by atoms with E-state index in [1.54, 1.807) is 11.3 Å². The number of aliphatic imine (C=N–C) groups is 1. The molecule has 1 fully saturated rings. The maximum absolute atomic E-state index is 4.85. The summed E-state index contributed by atoms with van der Waals surface area (Å²) in [5, 5.41) is 6.65. The molecule has 2 heterocycles. The molecule has 1 aliphatic rings. The molecule has 1 unspecified atom stereocenters. The van der Waals surface area contributed by atoms with Crippen LogP contribution >= 0.6 is 11.3 Å². The van der Waals surface area contributed by atoms with E-state index in [2.05, 4.69) is 46.5 Å². The zero-order valence-corrected chi connectivity index (χ0v) is 15.1. The summed E-state index contributed by atoms with van der Waals surface area (Å²) in [6.07, 6.45) is 2.59. The van der Waals surface area contributed by atoms with Gasteiger partial charge in [0.2, 0.25) is 0 Å². The van der Waals surface area contributed by atoms with E-state index >= 15 is 0 Å². The zero-order valence-electron chi connectivity index (χ0n) is 14.3. The molecule has 6 heteroatoms. The summed E-state index contributed by atoms with van der Waals surface area (Å²) in [5.41, 5.74) is 1.12. The van der Waals surface area contributed by atoms with Crippen LogP contribution in [0.3, 0.4) is 0 Å². The fraction of sp³-hybridized carbons (Fsp3) is 0.750. The molecular weight excluding hydrogens is 294 g/mol. The van der Waals surface area contributed by atoms with Crippen molar-refractivity contribution in [2.75, 3.05) is 40.3 Å². The van der Waals surface area contributed by atoms with Gasteiger partial charge in [-0.1, -0.05) is 0 Å². The first kappa shape index (κ1) is 17.2. The Morgan fingerprint density at radius 2 is 2.41 bits per heavy atom. The van der Waals surface area contributed by atoms with E-state index in [4.69, 9.17) is 4.99 Å². The lowest BCUT2D eigenvalue weighted by Crippen LogP contribution is -2.39. The lowest BCUT2D eigenvalue weighted by Gasteiger charge is -2.29. The monoisotopic (exact) mass is 323 g/mol. The summed E-state index contributed by atoms with van der Waals surface area (Å²) in [7, 11) is 4.29. The van der Waals surface area contributed by atoms with Gasteiger partial charge in [0.15, 0.2) is 5.96 Å². The molecule has 1 aromatic heterocycles. The van der Waals surface area contributed by atoms with Crippen LogP contribution in [-0.2, 0) is 6.54 Å². The lowest BCUT2D eigenvalue weighted by atomic mass is 9.99. The number of aromatic nitrogens is 1. The number of thiazole rings is 1. The Hall–Kier alpha value is -1.14. The van der Waals surface area contributed by atoms with Gasteiger partial charge in [0.25, 0.3) is 0 Å². The Balaban J connectivity index is 1.93. The Morgan fingerprint density at radius 1 is 1.59 bits per heavy atom. The second-order valence-electron chi connectivity index (χ2n) is 6.18. The molecule has 0 spiro atoms. The van der Waals surface area contributed by atoms with Gasteiger partial charge in [-0.3, -0.25) is 4.99 Å². The van der Waals surface area contributed by atoms with Crippen LogP contribution in [0, 0.1) is 12.8 Å². The van der Waals surface area contributed by atoms with Crippen molar-refractivity contribution in [3.05, 3.63) is 16.1 Å². The minimum Gasteiger partial charge on any atom is -0.357 e. The molecule has 1 N–H and O–H groups in total. The van der Waals surface area contributed by atoms with Crippen LogP contribution in [0.25, 0.3) is 0 Å². The number of guanidine groups is 1. The van der Waals surface area contributed by atoms with Crippen molar-refractivity contribution in [2.45, 2.75) is 33.2 Å². The lowest BCUT2D eigenvalue weighted by molar-refractivity contribution is 0.214. The molecule has 0 bridgehead atoms. The molecule has 0 radical (unpaired) electrons. The molecule has 1 aromatic rings. The van der Waals surface area contributed by atoms with Crippen LogP contribution in [0.4, 0.5) is 0 Å². The SMILES string of the molecule is CCNC(=NCC1CCCN(C)C1)N(C)Cc1csc(C)n1. The number of hydrogen-bond donors (Lipinski definition) is 1. The average Bonchev–Trinajstić information content (AvgIpc) is 2.88. The highest BCUT2D eigenvalue weighted by molar-refractivity contribution is 7.09. The van der Waals surface area contributed by atoms with Gasteiger partial charge >= 0.3 is 0 Å². The number of rotatable bonds is 5. The number of nitrogens with zero attached hydrogens (tertiary/aromatic N) is 4. The predicted molar refractivity (Wildman–Crippen MR) is 94.5 cm³/mol. The van der Waals surface area contributed by atoms with Crippen LogP contribution in [0.5, 0.6) is 0 Å². The van der Waals surface area contributed by atoms with Crippen molar-refractivity contribution in [1.29, 1.82) is 0 Å². The molecule has 5 nitrogen and oxygen atoms in total. The molecule has 124 valence electrons. The quantitative estimate of drug-likeness (QED) is 0.666. The minimum atomic E-state index is 0.683. The van der Waals surface area contributed by atoms with E-state index < -0.39 is 0 Å². The highest BCUT2D eigenvalue weighted by atomic mass is 32.1. The third kappa shape index (κ3) is 5.25. The van der Waals surface area contributed by atoms with Crippen LogP contribution in [0.1, 0.15) is 30.5 Å². The number of hydrogen-bond acceptors (Lipinski definition) is 4. The van der Waals surface area contributed by atoms with E-state index in [-0.39, 0.29) is 0 Å². The number of nitrogens with one attached hydrogen (secondary N) is 1. The number of piperidine rings is 1. The summed E-state index contributed by atoms with van der Waals surface area (Å²) in [5.74, 6) is 1.67. The third-order valence-electron chi connectivity index (χ3n) is 3.98. The van der Waals surface area contributed by atoms with Crippen LogP contribution in [0.15, 0.2) is 10.4 Å². The van der Waals surface area contributed by atoms with Gasteiger partial charge in [0.05, 0.1) is 17.2 Å². The second kappa shape index (κ2) is 8.48. The first-order chi connectivity index (χ1) is 10.6. The molecular formula is C16H29N5S. The molecule has 1 atom stereocenters. The average molecular weight is 324 g/mol. The van der Waals surface area contributed by atoms with Crippen molar-refractivity contribution in [2.24, 2.45) is 10.9 Å². The fourth-order valence-electron chi connectivity index (χ4n) is 2.91. The molecule has 1 saturated heterocycles. The topological polar surface area (TPSA) is 43.8 Å².